The van der Waals surface area contributed by atoms with Crippen LogP contribution in [0.5, 0.6) is 0 Å². The summed E-state index contributed by atoms with van der Waals surface area (Å²) in [4.78, 5) is 4.79. The average Bonchev–Trinajstić information content (AvgIpc) is 2.46. The number of hydrogen-bond donors (Lipinski definition) is 1. The highest BCUT2D eigenvalue weighted by Gasteiger charge is 2.13. The van der Waals surface area contributed by atoms with E-state index in [1.807, 2.05) is 0 Å². The minimum absolute atomic E-state index is 0.0179. The molecule has 0 radical (unpaired) electrons. The Balaban J connectivity index is 2.23. The van der Waals surface area contributed by atoms with Crippen molar-refractivity contribution < 1.29 is 0 Å². The molecule has 1 heterocycles. The highest BCUT2D eigenvalue weighted by Crippen LogP contribution is 2.31. The molecular weight excluding hydrogens is 280 g/mol. The van der Waals surface area contributed by atoms with Crippen LogP contribution in [0.2, 0.25) is 0 Å². The van der Waals surface area contributed by atoms with Gasteiger partial charge in [-0.2, -0.15) is 0 Å². The maximum atomic E-state index is 4.79. The largest absolute Gasteiger partial charge is 0.365 e. The minimum atomic E-state index is -0.0179. The summed E-state index contributed by atoms with van der Waals surface area (Å²) in [7, 11) is 0. The van der Waals surface area contributed by atoms with E-state index in [0.29, 0.717) is 0 Å². The number of aromatic nitrogens is 1. The summed E-state index contributed by atoms with van der Waals surface area (Å²) in [5, 5.41) is 4.70. The molecule has 0 atom stereocenters. The van der Waals surface area contributed by atoms with Crippen LogP contribution in [-0.4, -0.2) is 10.5 Å². The van der Waals surface area contributed by atoms with E-state index in [2.05, 4.69) is 88.5 Å². The number of aryl methyl sites for hydroxylation is 2. The Bertz CT molecular complexity index is 840. The summed E-state index contributed by atoms with van der Waals surface area (Å²) < 4.78 is 0. The Morgan fingerprint density at radius 2 is 1.48 bits per heavy atom. The third-order valence-corrected chi connectivity index (χ3v) is 3.83. The van der Waals surface area contributed by atoms with E-state index in [9.17, 15) is 0 Å². The second-order valence-electron chi connectivity index (χ2n) is 7.32. The molecule has 0 unspecified atom stereocenters. The molecule has 1 N–H and O–H groups in total. The van der Waals surface area contributed by atoms with Gasteiger partial charge in [-0.15, -0.1) is 0 Å². The second kappa shape index (κ2) is 5.69. The van der Waals surface area contributed by atoms with Gasteiger partial charge >= 0.3 is 0 Å². The number of rotatable bonds is 2. The lowest BCUT2D eigenvalue weighted by atomic mass is 9.98. The zero-order valence-electron chi connectivity index (χ0n) is 14.6. The van der Waals surface area contributed by atoms with Crippen molar-refractivity contribution in [3.8, 4) is 11.1 Å². The van der Waals surface area contributed by atoms with Crippen LogP contribution >= 0.6 is 0 Å². The summed E-state index contributed by atoms with van der Waals surface area (Å²) in [6.45, 7) is 10.7. The number of fused-ring (bicyclic) bond motifs is 1. The molecule has 1 aromatic heterocycles. The van der Waals surface area contributed by atoms with Crippen LogP contribution in [0, 0.1) is 13.8 Å². The van der Waals surface area contributed by atoms with Crippen molar-refractivity contribution in [2.75, 3.05) is 5.32 Å². The van der Waals surface area contributed by atoms with E-state index in [-0.39, 0.29) is 5.54 Å². The molecule has 0 bridgehead atoms. The van der Waals surface area contributed by atoms with Gasteiger partial charge in [0.1, 0.15) is 5.82 Å². The van der Waals surface area contributed by atoms with E-state index in [0.717, 1.165) is 11.3 Å². The summed E-state index contributed by atoms with van der Waals surface area (Å²) in [5.41, 5.74) is 5.99. The second-order valence-corrected chi connectivity index (χ2v) is 7.32. The summed E-state index contributed by atoms with van der Waals surface area (Å²) in [6, 6.07) is 17.3. The quantitative estimate of drug-likeness (QED) is 0.654. The highest BCUT2D eigenvalue weighted by molar-refractivity contribution is 5.96. The molecule has 0 aliphatic rings. The molecule has 0 amide bonds. The molecule has 2 nitrogen and oxygen atoms in total. The molecule has 0 spiro atoms. The van der Waals surface area contributed by atoms with Gasteiger partial charge in [-0.25, -0.2) is 4.98 Å². The number of hydrogen-bond acceptors (Lipinski definition) is 2. The predicted molar refractivity (Wildman–Crippen MR) is 100 cm³/mol. The van der Waals surface area contributed by atoms with Crippen molar-refractivity contribution in [3.63, 3.8) is 0 Å². The molecule has 23 heavy (non-hydrogen) atoms. The maximum absolute atomic E-state index is 4.79. The fourth-order valence-electron chi connectivity index (χ4n) is 2.76. The van der Waals surface area contributed by atoms with Crippen LogP contribution in [0.15, 0.2) is 48.5 Å². The monoisotopic (exact) mass is 304 g/mol. The zero-order valence-corrected chi connectivity index (χ0v) is 14.6. The molecule has 3 aromatic rings. The first-order valence-electron chi connectivity index (χ1n) is 8.08. The molecule has 2 heteroatoms. The van der Waals surface area contributed by atoms with Crippen molar-refractivity contribution in [1.82, 2.24) is 4.98 Å². The van der Waals surface area contributed by atoms with Gasteiger partial charge < -0.3 is 5.32 Å². The van der Waals surface area contributed by atoms with Crippen molar-refractivity contribution >= 4 is 16.7 Å². The molecule has 0 aliphatic carbocycles. The van der Waals surface area contributed by atoms with E-state index in [1.54, 1.807) is 0 Å². The SMILES string of the molecule is Cc1ccc(-c2cc(NC(C)(C)C)nc3ccc(C)cc23)cc1. The number of nitrogens with zero attached hydrogens (tertiary/aromatic N) is 1. The van der Waals surface area contributed by atoms with Crippen molar-refractivity contribution in [2.24, 2.45) is 0 Å². The Kier molecular flexibility index (Phi) is 3.85. The van der Waals surface area contributed by atoms with Crippen LogP contribution in [0.4, 0.5) is 5.82 Å². The van der Waals surface area contributed by atoms with Gasteiger partial charge in [-0.1, -0.05) is 41.5 Å². The lowest BCUT2D eigenvalue weighted by Crippen LogP contribution is -2.26. The Morgan fingerprint density at radius 1 is 0.826 bits per heavy atom. The molecular formula is C21H24N2. The zero-order chi connectivity index (χ0) is 16.6. The van der Waals surface area contributed by atoms with Crippen LogP contribution in [0.3, 0.4) is 0 Å². The van der Waals surface area contributed by atoms with E-state index in [4.69, 9.17) is 4.98 Å². The lowest BCUT2D eigenvalue weighted by molar-refractivity contribution is 0.631. The minimum Gasteiger partial charge on any atom is -0.365 e. The Labute approximate surface area is 138 Å². The molecule has 0 saturated heterocycles. The molecule has 2 aromatic carbocycles. The van der Waals surface area contributed by atoms with E-state index >= 15 is 0 Å². The van der Waals surface area contributed by atoms with Crippen LogP contribution in [-0.2, 0) is 0 Å². The fraction of sp³-hybridized carbons (Fsp3) is 0.286. The predicted octanol–water partition coefficient (Wildman–Crippen LogP) is 5.73. The smallest absolute Gasteiger partial charge is 0.127 e. The third kappa shape index (κ3) is 3.53. The van der Waals surface area contributed by atoms with Gasteiger partial charge in [0.05, 0.1) is 5.52 Å². The van der Waals surface area contributed by atoms with Gasteiger partial charge in [0, 0.05) is 10.9 Å². The molecule has 0 aliphatic heterocycles. The topological polar surface area (TPSA) is 24.9 Å². The first-order chi connectivity index (χ1) is 10.8. The first kappa shape index (κ1) is 15.5. The molecule has 118 valence electrons. The van der Waals surface area contributed by atoms with Crippen molar-refractivity contribution in [1.29, 1.82) is 0 Å². The number of anilines is 1. The standard InChI is InChI=1S/C21H24N2/c1-14-6-9-16(10-7-14)17-13-20(23-21(3,4)5)22-19-11-8-15(2)12-18(17)19/h6-13H,1-5H3,(H,22,23). The fourth-order valence-corrected chi connectivity index (χ4v) is 2.76. The normalized spacial score (nSPS) is 11.7. The van der Waals surface area contributed by atoms with Crippen LogP contribution < -0.4 is 5.32 Å². The van der Waals surface area contributed by atoms with Crippen molar-refractivity contribution in [3.05, 3.63) is 59.7 Å². The number of nitrogens with one attached hydrogen (secondary N) is 1. The van der Waals surface area contributed by atoms with Crippen LogP contribution in [0.1, 0.15) is 31.9 Å². The van der Waals surface area contributed by atoms with Gasteiger partial charge in [-0.05, 0) is 63.9 Å². The van der Waals surface area contributed by atoms with Crippen molar-refractivity contribution in [2.45, 2.75) is 40.2 Å². The number of benzene rings is 2. The highest BCUT2D eigenvalue weighted by atomic mass is 15.0. The third-order valence-electron chi connectivity index (χ3n) is 3.83. The Morgan fingerprint density at radius 3 is 2.13 bits per heavy atom. The molecule has 3 rings (SSSR count). The average molecular weight is 304 g/mol. The van der Waals surface area contributed by atoms with Crippen LogP contribution in [0.25, 0.3) is 22.0 Å². The Hall–Kier alpha value is -2.35. The summed E-state index contributed by atoms with van der Waals surface area (Å²) in [5.74, 6) is 0.921. The van der Waals surface area contributed by atoms with E-state index < -0.39 is 0 Å². The van der Waals surface area contributed by atoms with Gasteiger partial charge in [0.2, 0.25) is 0 Å². The summed E-state index contributed by atoms with van der Waals surface area (Å²) in [6.07, 6.45) is 0. The van der Waals surface area contributed by atoms with Gasteiger partial charge in [0.25, 0.3) is 0 Å². The number of pyridine rings is 1. The van der Waals surface area contributed by atoms with E-state index in [1.165, 1.54) is 27.6 Å². The lowest BCUT2D eigenvalue weighted by Gasteiger charge is -2.22. The maximum Gasteiger partial charge on any atom is 0.127 e. The molecule has 0 saturated carbocycles. The summed E-state index contributed by atoms with van der Waals surface area (Å²) >= 11 is 0. The first-order valence-corrected chi connectivity index (χ1v) is 8.08. The molecule has 0 fully saturated rings. The van der Waals surface area contributed by atoms with Gasteiger partial charge in [0.15, 0.2) is 0 Å². The van der Waals surface area contributed by atoms with Gasteiger partial charge in [-0.3, -0.25) is 0 Å².